The Kier molecular flexibility index (Phi) is 8.23. The second-order valence-corrected chi connectivity index (χ2v) is 10.4. The average molecular weight is 523 g/mol. The van der Waals surface area contributed by atoms with E-state index in [2.05, 4.69) is 34.4 Å². The second kappa shape index (κ2) is 8.88. The fraction of sp³-hybridized carbons (Fsp3) is 0.867. The van der Waals surface area contributed by atoms with Crippen LogP contribution in [-0.4, -0.2) is 36.9 Å². The van der Waals surface area contributed by atoms with Crippen molar-refractivity contribution in [3.8, 4) is 0 Å². The van der Waals surface area contributed by atoms with Crippen LogP contribution in [0.15, 0.2) is 0 Å². The molecule has 0 heterocycles. The molecule has 0 radical (unpaired) electrons. The first-order valence-corrected chi connectivity index (χ1v) is 12.1. The molecule has 1 rings (SSSR count). The van der Waals surface area contributed by atoms with E-state index in [0.29, 0.717) is 0 Å². The Bertz CT molecular complexity index is 363. The van der Waals surface area contributed by atoms with Gasteiger partial charge < -0.3 is 0 Å². The third kappa shape index (κ3) is 6.19. The second-order valence-electron chi connectivity index (χ2n) is 5.75. The van der Waals surface area contributed by atoms with Crippen LogP contribution in [0.4, 0.5) is 0 Å². The quantitative estimate of drug-likeness (QED) is 0.270. The molecule has 4 nitrogen and oxygen atoms in total. The van der Waals surface area contributed by atoms with Crippen LogP contribution in [0, 0.1) is 0 Å². The van der Waals surface area contributed by atoms with Gasteiger partial charge in [-0.2, -0.15) is 0 Å². The van der Waals surface area contributed by atoms with Crippen LogP contribution in [-0.2, 0) is 19.1 Å². The van der Waals surface area contributed by atoms with E-state index in [4.69, 9.17) is 9.47 Å². The monoisotopic (exact) mass is 523 g/mol. The topological polar surface area (TPSA) is 52.6 Å². The number of rotatable bonds is 7. The minimum absolute atomic E-state index is 0.00659. The van der Waals surface area contributed by atoms with E-state index in [-0.39, 0.29) is 39.4 Å². The third-order valence-electron chi connectivity index (χ3n) is 3.87. The molecule has 0 amide bonds. The summed E-state index contributed by atoms with van der Waals surface area (Å²) in [7, 11) is 0. The number of esters is 2. The van der Waals surface area contributed by atoms with Crippen molar-refractivity contribution < 1.29 is 40.3 Å². The molecule has 0 N–H and O–H groups in total. The van der Waals surface area contributed by atoms with Gasteiger partial charge in [-0.25, -0.2) is 0 Å². The molecule has 1 aliphatic carbocycles. The summed E-state index contributed by atoms with van der Waals surface area (Å²) in [5.41, 5.74) is -0.329. The molecule has 0 bridgehead atoms. The summed E-state index contributed by atoms with van der Waals surface area (Å²) in [4.78, 5) is 26.1. The van der Waals surface area contributed by atoms with Gasteiger partial charge in [0.1, 0.15) is 0 Å². The first-order chi connectivity index (χ1) is 9.85. The summed E-state index contributed by atoms with van der Waals surface area (Å²) in [6, 6.07) is 0. The Balaban J connectivity index is 2.44. The van der Waals surface area contributed by atoms with Crippen LogP contribution in [0.1, 0.15) is 52.4 Å². The number of hydrogen-bond donors (Lipinski definition) is 0. The molecule has 1 fully saturated rings. The van der Waals surface area contributed by atoms with Gasteiger partial charge >= 0.3 is 152 Å². The number of hydrogen-bond acceptors (Lipinski definition) is 4. The van der Waals surface area contributed by atoms with Gasteiger partial charge in [0.25, 0.3) is 0 Å². The zero-order chi connectivity index (χ0) is 15.9. The normalized spacial score (nSPS) is 20.6. The zero-order valence-electron chi connectivity index (χ0n) is 13.0. The Hall–Kier alpha value is 0.400. The number of carbonyl (C=O) groups excluding carboxylic acids is 2. The van der Waals surface area contributed by atoms with Crippen LogP contribution >= 0.6 is 22.6 Å². The predicted molar refractivity (Wildman–Crippen MR) is 86.4 cm³/mol. The molecular weight excluding hydrogens is 498 g/mol. The van der Waals surface area contributed by atoms with E-state index >= 15 is 0 Å². The Morgan fingerprint density at radius 1 is 1.29 bits per heavy atom. The summed E-state index contributed by atoms with van der Waals surface area (Å²) >= 11 is 2.12. The molecule has 1 saturated carbocycles. The molecule has 1 unspecified atom stereocenters. The first-order valence-electron chi connectivity index (χ1n) is 7.37. The van der Waals surface area contributed by atoms with Gasteiger partial charge in [-0.15, -0.1) is 0 Å². The number of ether oxygens (including phenoxy) is 2. The fourth-order valence-electron chi connectivity index (χ4n) is 2.58. The first kappa shape index (κ1) is 19.4. The Morgan fingerprint density at radius 2 is 1.90 bits per heavy atom. The van der Waals surface area contributed by atoms with E-state index in [1.54, 1.807) is 0 Å². The van der Waals surface area contributed by atoms with Crippen molar-refractivity contribution in [3.05, 3.63) is 0 Å². The Labute approximate surface area is 151 Å². The van der Waals surface area contributed by atoms with Crippen molar-refractivity contribution in [2.75, 3.05) is 16.0 Å². The van der Waals surface area contributed by atoms with E-state index in [0.717, 1.165) is 36.5 Å². The van der Waals surface area contributed by atoms with Crippen molar-refractivity contribution in [2.24, 2.45) is 0 Å². The summed E-state index contributed by atoms with van der Waals surface area (Å²) < 4.78 is 11.1. The summed E-state index contributed by atoms with van der Waals surface area (Å²) in [5, 5.41) is 0. The van der Waals surface area contributed by atoms with Crippen LogP contribution < -0.4 is 21.2 Å². The van der Waals surface area contributed by atoms with Crippen LogP contribution in [0.3, 0.4) is 0 Å². The van der Waals surface area contributed by atoms with Gasteiger partial charge in [-0.1, -0.05) is 0 Å². The van der Waals surface area contributed by atoms with Gasteiger partial charge in [-0.05, 0) is 0 Å². The van der Waals surface area contributed by atoms with E-state index in [1.807, 2.05) is 6.92 Å². The molecule has 0 spiro atoms. The predicted octanol–water partition coefficient (Wildman–Crippen LogP) is 0.0982. The molecule has 124 valence electrons. The molecule has 0 aromatic carbocycles. The molecule has 0 aliphatic heterocycles. The van der Waals surface area contributed by atoms with E-state index < -0.39 is 9.39 Å². The van der Waals surface area contributed by atoms with Gasteiger partial charge in [0.2, 0.25) is 0 Å². The number of alkyl halides is 3. The van der Waals surface area contributed by atoms with E-state index in [1.165, 1.54) is 6.42 Å². The van der Waals surface area contributed by atoms with Gasteiger partial charge in [0, 0.05) is 0 Å². The molecule has 6 heteroatoms. The summed E-state index contributed by atoms with van der Waals surface area (Å²) in [6.45, 7) is 3.65. The summed E-state index contributed by atoms with van der Waals surface area (Å²) in [5.74, 6) is -0.721. The average Bonchev–Trinajstić information content (AvgIpc) is 2.45. The molecule has 1 atom stereocenters. The van der Waals surface area contributed by atoms with Crippen molar-refractivity contribution in [3.63, 3.8) is 0 Å². The van der Waals surface area contributed by atoms with Crippen molar-refractivity contribution in [1.82, 2.24) is 0 Å². The molecule has 0 aromatic rings. The third-order valence-corrected chi connectivity index (χ3v) is 8.44. The fourth-order valence-corrected chi connectivity index (χ4v) is 6.41. The van der Waals surface area contributed by atoms with Crippen molar-refractivity contribution in [1.29, 1.82) is 0 Å². The van der Waals surface area contributed by atoms with Crippen molar-refractivity contribution >= 4 is 34.5 Å². The SMILES string of the molecule is CCC1(OC(=O)COC(=O)C(C)(I)C[I-]C)CCCCC1. The standard InChI is InChI=1S/C15H25I2O4/c1-4-15(8-6-5-7-9-15)21-12(18)10-20-13(19)14(2,16)11-17-3/h4-11H2,1-3H3/q-1. The Morgan fingerprint density at radius 3 is 2.43 bits per heavy atom. The molecule has 0 aromatic heterocycles. The van der Waals surface area contributed by atoms with Crippen LogP contribution in [0.25, 0.3) is 0 Å². The molecule has 0 saturated heterocycles. The van der Waals surface area contributed by atoms with E-state index in [9.17, 15) is 9.59 Å². The molecule has 21 heavy (non-hydrogen) atoms. The maximum absolute atomic E-state index is 12.0. The molecular formula is C15H25I2O4-. The van der Waals surface area contributed by atoms with Crippen LogP contribution in [0.5, 0.6) is 0 Å². The zero-order valence-corrected chi connectivity index (χ0v) is 17.4. The van der Waals surface area contributed by atoms with Gasteiger partial charge in [-0.3, -0.25) is 0 Å². The number of halogens is 2. The molecule has 1 aliphatic rings. The summed E-state index contributed by atoms with van der Waals surface area (Å²) in [6.07, 6.45) is 6.10. The van der Waals surface area contributed by atoms with Gasteiger partial charge in [0.05, 0.1) is 0 Å². The van der Waals surface area contributed by atoms with Crippen molar-refractivity contribution in [2.45, 2.75) is 61.4 Å². The maximum atomic E-state index is 12.0. The number of carbonyl (C=O) groups is 2. The van der Waals surface area contributed by atoms with Gasteiger partial charge in [0.15, 0.2) is 0 Å². The minimum atomic E-state index is -0.520. The van der Waals surface area contributed by atoms with Crippen LogP contribution in [0.2, 0.25) is 0 Å².